The molecule has 0 saturated carbocycles. The maximum absolute atomic E-state index is 5.61. The standard InChI is InChI=1S/C18H37BrO/c1-2-3-4-5-6-7-8-9-10-11-12-14-17-20-18-15-13-16-19/h2-18H2,1H3. The highest BCUT2D eigenvalue weighted by Gasteiger charge is 1.94. The number of halogens is 1. The molecule has 0 aliphatic rings. The summed E-state index contributed by atoms with van der Waals surface area (Å²) in [5.41, 5.74) is 0. The molecule has 0 aliphatic heterocycles. The summed E-state index contributed by atoms with van der Waals surface area (Å²) < 4.78 is 5.61. The molecule has 1 nitrogen and oxygen atoms in total. The number of alkyl halides is 1. The van der Waals surface area contributed by atoms with Crippen LogP contribution in [0, 0.1) is 0 Å². The van der Waals surface area contributed by atoms with E-state index < -0.39 is 0 Å². The first-order valence-corrected chi connectivity index (χ1v) is 10.2. The molecular formula is C18H37BrO. The van der Waals surface area contributed by atoms with Crippen molar-refractivity contribution in [3.05, 3.63) is 0 Å². The summed E-state index contributed by atoms with van der Waals surface area (Å²) in [7, 11) is 0. The zero-order chi connectivity index (χ0) is 14.7. The van der Waals surface area contributed by atoms with Crippen LogP contribution in [-0.4, -0.2) is 18.5 Å². The Labute approximate surface area is 136 Å². The molecule has 0 aromatic rings. The Bertz CT molecular complexity index is 143. The minimum atomic E-state index is 0.948. The van der Waals surface area contributed by atoms with Crippen molar-refractivity contribution in [1.82, 2.24) is 0 Å². The highest BCUT2D eigenvalue weighted by atomic mass is 79.9. The van der Waals surface area contributed by atoms with Gasteiger partial charge in [-0.25, -0.2) is 0 Å². The first kappa shape index (κ1) is 20.4. The fourth-order valence-corrected chi connectivity index (χ4v) is 2.84. The first-order chi connectivity index (χ1) is 9.91. The van der Waals surface area contributed by atoms with Crippen LogP contribution in [0.1, 0.15) is 96.8 Å². The maximum atomic E-state index is 5.61. The Morgan fingerprint density at radius 2 is 0.950 bits per heavy atom. The first-order valence-electron chi connectivity index (χ1n) is 9.05. The normalized spacial score (nSPS) is 11.1. The van der Waals surface area contributed by atoms with Crippen LogP contribution in [0.25, 0.3) is 0 Å². The summed E-state index contributed by atoms with van der Waals surface area (Å²) in [4.78, 5) is 0. The summed E-state index contributed by atoms with van der Waals surface area (Å²) in [6.45, 7) is 4.21. The monoisotopic (exact) mass is 348 g/mol. The molecular weight excluding hydrogens is 312 g/mol. The van der Waals surface area contributed by atoms with Gasteiger partial charge in [-0.1, -0.05) is 93.5 Å². The lowest BCUT2D eigenvalue weighted by Crippen LogP contribution is -1.97. The largest absolute Gasteiger partial charge is 0.381 e. The molecule has 0 aliphatic carbocycles. The molecule has 0 saturated heterocycles. The third-order valence-electron chi connectivity index (χ3n) is 3.81. The molecule has 0 N–H and O–H groups in total. The van der Waals surface area contributed by atoms with E-state index in [0.717, 1.165) is 18.5 Å². The van der Waals surface area contributed by atoms with Gasteiger partial charge in [-0.05, 0) is 19.3 Å². The van der Waals surface area contributed by atoms with E-state index in [0.29, 0.717) is 0 Å². The van der Waals surface area contributed by atoms with E-state index >= 15 is 0 Å². The average Bonchev–Trinajstić information content (AvgIpc) is 2.47. The second kappa shape index (κ2) is 19.4. The predicted octanol–water partition coefficient (Wildman–Crippen LogP) is 6.88. The van der Waals surface area contributed by atoms with Crippen molar-refractivity contribution >= 4 is 15.9 Å². The van der Waals surface area contributed by atoms with E-state index in [-0.39, 0.29) is 0 Å². The molecule has 0 radical (unpaired) electrons. The van der Waals surface area contributed by atoms with Gasteiger partial charge in [0.05, 0.1) is 0 Å². The molecule has 0 unspecified atom stereocenters. The number of ether oxygens (including phenoxy) is 1. The zero-order valence-corrected chi connectivity index (χ0v) is 15.4. The minimum absolute atomic E-state index is 0.948. The van der Waals surface area contributed by atoms with Crippen molar-refractivity contribution in [3.63, 3.8) is 0 Å². The number of unbranched alkanes of at least 4 members (excludes halogenated alkanes) is 12. The lowest BCUT2D eigenvalue weighted by atomic mass is 10.1. The fraction of sp³-hybridized carbons (Fsp3) is 1.00. The maximum Gasteiger partial charge on any atom is 0.0466 e. The fourth-order valence-electron chi connectivity index (χ4n) is 2.45. The quantitative estimate of drug-likeness (QED) is 0.205. The van der Waals surface area contributed by atoms with Gasteiger partial charge < -0.3 is 4.74 Å². The van der Waals surface area contributed by atoms with Crippen LogP contribution in [0.15, 0.2) is 0 Å². The third-order valence-corrected chi connectivity index (χ3v) is 4.38. The van der Waals surface area contributed by atoms with Crippen LogP contribution in [0.5, 0.6) is 0 Å². The van der Waals surface area contributed by atoms with Crippen LogP contribution < -0.4 is 0 Å². The van der Waals surface area contributed by atoms with E-state index in [1.54, 1.807) is 0 Å². The molecule has 0 fully saturated rings. The summed E-state index contributed by atoms with van der Waals surface area (Å²) in [6.07, 6.45) is 19.4. The van der Waals surface area contributed by atoms with Gasteiger partial charge >= 0.3 is 0 Å². The molecule has 0 bridgehead atoms. The highest BCUT2D eigenvalue weighted by molar-refractivity contribution is 9.09. The van der Waals surface area contributed by atoms with Crippen molar-refractivity contribution < 1.29 is 4.74 Å². The molecule has 0 spiro atoms. The number of hydrogen-bond donors (Lipinski definition) is 0. The van der Waals surface area contributed by atoms with Gasteiger partial charge in [-0.3, -0.25) is 0 Å². The van der Waals surface area contributed by atoms with E-state index in [1.165, 1.54) is 89.9 Å². The molecule has 0 rings (SSSR count). The van der Waals surface area contributed by atoms with Crippen LogP contribution in [0.3, 0.4) is 0 Å². The summed E-state index contributed by atoms with van der Waals surface area (Å²) >= 11 is 3.44. The summed E-state index contributed by atoms with van der Waals surface area (Å²) in [5.74, 6) is 0. The van der Waals surface area contributed by atoms with Crippen molar-refractivity contribution in [2.75, 3.05) is 18.5 Å². The topological polar surface area (TPSA) is 9.23 Å². The number of rotatable bonds is 17. The van der Waals surface area contributed by atoms with Crippen molar-refractivity contribution in [2.45, 2.75) is 96.8 Å². The predicted molar refractivity (Wildman–Crippen MR) is 94.9 cm³/mol. The van der Waals surface area contributed by atoms with E-state index in [2.05, 4.69) is 22.9 Å². The second-order valence-corrected chi connectivity index (χ2v) is 6.69. The van der Waals surface area contributed by atoms with Gasteiger partial charge in [-0.15, -0.1) is 0 Å². The van der Waals surface area contributed by atoms with Crippen LogP contribution in [0.4, 0.5) is 0 Å². The molecule has 0 aromatic carbocycles. The van der Waals surface area contributed by atoms with Crippen LogP contribution >= 0.6 is 15.9 Å². The van der Waals surface area contributed by atoms with Gasteiger partial charge in [0, 0.05) is 18.5 Å². The molecule has 2 heteroatoms. The zero-order valence-electron chi connectivity index (χ0n) is 13.8. The SMILES string of the molecule is CCCCCCCCCCCCCCOCCCCBr. The van der Waals surface area contributed by atoms with E-state index in [1.807, 2.05) is 0 Å². The Morgan fingerprint density at radius 1 is 0.550 bits per heavy atom. The Hall–Kier alpha value is 0.440. The highest BCUT2D eigenvalue weighted by Crippen LogP contribution is 2.11. The van der Waals surface area contributed by atoms with Gasteiger partial charge in [0.2, 0.25) is 0 Å². The van der Waals surface area contributed by atoms with Crippen molar-refractivity contribution in [1.29, 1.82) is 0 Å². The van der Waals surface area contributed by atoms with Crippen molar-refractivity contribution in [3.8, 4) is 0 Å². The van der Waals surface area contributed by atoms with Crippen LogP contribution in [0.2, 0.25) is 0 Å². The third kappa shape index (κ3) is 18.4. The lowest BCUT2D eigenvalue weighted by Gasteiger charge is -2.04. The van der Waals surface area contributed by atoms with Gasteiger partial charge in [0.15, 0.2) is 0 Å². The lowest BCUT2D eigenvalue weighted by molar-refractivity contribution is 0.127. The summed E-state index contributed by atoms with van der Waals surface area (Å²) in [5, 5.41) is 1.11. The van der Waals surface area contributed by atoms with Gasteiger partial charge in [0.1, 0.15) is 0 Å². The average molecular weight is 349 g/mol. The smallest absolute Gasteiger partial charge is 0.0466 e. The molecule has 0 atom stereocenters. The van der Waals surface area contributed by atoms with Crippen molar-refractivity contribution in [2.24, 2.45) is 0 Å². The van der Waals surface area contributed by atoms with Crippen LogP contribution in [-0.2, 0) is 4.74 Å². The second-order valence-electron chi connectivity index (χ2n) is 5.90. The molecule has 20 heavy (non-hydrogen) atoms. The Kier molecular flexibility index (Phi) is 19.9. The Morgan fingerprint density at radius 3 is 1.40 bits per heavy atom. The minimum Gasteiger partial charge on any atom is -0.381 e. The van der Waals surface area contributed by atoms with E-state index in [9.17, 15) is 0 Å². The molecule has 0 amide bonds. The molecule has 0 aromatic heterocycles. The molecule has 122 valence electrons. The number of hydrogen-bond acceptors (Lipinski definition) is 1. The Balaban J connectivity index is 2.89. The molecule has 0 heterocycles. The van der Waals surface area contributed by atoms with Gasteiger partial charge in [-0.2, -0.15) is 0 Å². The van der Waals surface area contributed by atoms with Gasteiger partial charge in [0.25, 0.3) is 0 Å². The van der Waals surface area contributed by atoms with E-state index in [4.69, 9.17) is 4.74 Å². The summed E-state index contributed by atoms with van der Waals surface area (Å²) in [6, 6.07) is 0.